The zero-order valence-electron chi connectivity index (χ0n) is 16.9. The fourth-order valence-electron chi connectivity index (χ4n) is 4.36. The van der Waals surface area contributed by atoms with Gasteiger partial charge in [0.25, 0.3) is 5.91 Å². The lowest BCUT2D eigenvalue weighted by Crippen LogP contribution is -2.49. The summed E-state index contributed by atoms with van der Waals surface area (Å²) in [6, 6.07) is 11.9. The first-order valence-electron chi connectivity index (χ1n) is 9.83. The van der Waals surface area contributed by atoms with Gasteiger partial charge in [-0.1, -0.05) is 23.7 Å². The van der Waals surface area contributed by atoms with Gasteiger partial charge in [0.05, 0.1) is 22.0 Å². The number of fused-ring (bicyclic) bond motifs is 1. The number of carbonyl (C=O) groups excluding carboxylic acids is 1. The molecule has 2 aromatic carbocycles. The first-order chi connectivity index (χ1) is 13.7. The molecule has 2 aliphatic rings. The number of halogens is 1. The van der Waals surface area contributed by atoms with Crippen LogP contribution in [0.15, 0.2) is 36.4 Å². The molecule has 0 aromatic heterocycles. The van der Waals surface area contributed by atoms with Crippen molar-refractivity contribution in [2.24, 2.45) is 5.73 Å². The number of nitrogens with two attached hydrogens (primary N) is 1. The number of anilines is 3. The van der Waals surface area contributed by atoms with E-state index < -0.39 is 11.3 Å². The lowest BCUT2D eigenvalue weighted by molar-refractivity contribution is 0.100. The van der Waals surface area contributed by atoms with Crippen LogP contribution in [0.5, 0.6) is 0 Å². The quantitative estimate of drug-likeness (QED) is 0.719. The van der Waals surface area contributed by atoms with Crippen molar-refractivity contribution in [2.75, 3.05) is 29.4 Å². The van der Waals surface area contributed by atoms with E-state index in [1.165, 1.54) is 0 Å². The average molecular weight is 412 g/mol. The minimum atomic E-state index is -0.600. The number of amidine groups is 1. The number of nitrogens with one attached hydrogen (secondary N) is 2. The molecular formula is C22H26ClN5O. The van der Waals surface area contributed by atoms with Crippen LogP contribution in [0.25, 0.3) is 0 Å². The van der Waals surface area contributed by atoms with Crippen LogP contribution in [0.3, 0.4) is 0 Å². The summed E-state index contributed by atoms with van der Waals surface area (Å²) in [7, 11) is 0. The summed E-state index contributed by atoms with van der Waals surface area (Å²) in [4.78, 5) is 16.4. The molecule has 2 heterocycles. The Kier molecular flexibility index (Phi) is 4.79. The van der Waals surface area contributed by atoms with Crippen LogP contribution in [0.4, 0.5) is 17.1 Å². The molecule has 0 radical (unpaired) electrons. The van der Waals surface area contributed by atoms with Crippen molar-refractivity contribution >= 4 is 40.4 Å². The van der Waals surface area contributed by atoms with Crippen LogP contribution >= 0.6 is 11.6 Å². The molecule has 0 aliphatic carbocycles. The summed E-state index contributed by atoms with van der Waals surface area (Å²) in [6.45, 7) is 9.04. The third kappa shape index (κ3) is 3.07. The molecule has 2 aromatic rings. The Morgan fingerprint density at radius 3 is 2.72 bits per heavy atom. The maximum absolute atomic E-state index is 12.2. The van der Waals surface area contributed by atoms with Crippen molar-refractivity contribution in [3.8, 4) is 0 Å². The van der Waals surface area contributed by atoms with Gasteiger partial charge in [-0.2, -0.15) is 0 Å². The SMILES string of the molecule is C[C@@H]1CNCCN1c1ccc2c(c1)N(c1cccc(Cl)c1C(N)=O)C(=N)C2(C)C. The van der Waals surface area contributed by atoms with Crippen molar-refractivity contribution in [3.63, 3.8) is 0 Å². The largest absolute Gasteiger partial charge is 0.366 e. The summed E-state index contributed by atoms with van der Waals surface area (Å²) in [5.74, 6) is -0.209. The second kappa shape index (κ2) is 7.04. The van der Waals surface area contributed by atoms with Crippen molar-refractivity contribution < 1.29 is 4.79 Å². The molecule has 1 saturated heterocycles. The Balaban J connectivity index is 1.89. The first-order valence-corrected chi connectivity index (χ1v) is 10.2. The van der Waals surface area contributed by atoms with Gasteiger partial charge in [0.15, 0.2) is 0 Å². The molecule has 0 spiro atoms. The van der Waals surface area contributed by atoms with Crippen molar-refractivity contribution in [2.45, 2.75) is 32.2 Å². The number of hydrogen-bond donors (Lipinski definition) is 3. The molecule has 1 fully saturated rings. The fourth-order valence-corrected chi connectivity index (χ4v) is 4.62. The molecule has 7 heteroatoms. The summed E-state index contributed by atoms with van der Waals surface area (Å²) in [5.41, 5.74) is 8.98. The number of piperazine rings is 1. The maximum atomic E-state index is 12.2. The predicted octanol–water partition coefficient (Wildman–Crippen LogP) is 3.64. The number of primary amides is 1. The lowest BCUT2D eigenvalue weighted by Gasteiger charge is -2.36. The third-order valence-corrected chi connectivity index (χ3v) is 6.34. The Morgan fingerprint density at radius 1 is 1.28 bits per heavy atom. The fraction of sp³-hybridized carbons (Fsp3) is 0.364. The highest BCUT2D eigenvalue weighted by Gasteiger charge is 2.43. The summed E-state index contributed by atoms with van der Waals surface area (Å²) < 4.78 is 0. The number of amides is 1. The molecule has 0 saturated carbocycles. The number of nitrogens with zero attached hydrogens (tertiary/aromatic N) is 2. The smallest absolute Gasteiger partial charge is 0.252 e. The number of benzene rings is 2. The van der Waals surface area contributed by atoms with Crippen LogP contribution in [-0.4, -0.2) is 37.4 Å². The maximum Gasteiger partial charge on any atom is 0.252 e. The number of hydrogen-bond acceptors (Lipinski definition) is 4. The summed E-state index contributed by atoms with van der Waals surface area (Å²) in [6.07, 6.45) is 0. The third-order valence-electron chi connectivity index (χ3n) is 6.02. The predicted molar refractivity (Wildman–Crippen MR) is 119 cm³/mol. The Morgan fingerprint density at radius 2 is 2.03 bits per heavy atom. The Labute approximate surface area is 176 Å². The Hall–Kier alpha value is -2.57. The van der Waals surface area contributed by atoms with Gasteiger partial charge in [-0.25, -0.2) is 0 Å². The van der Waals surface area contributed by atoms with Gasteiger partial charge < -0.3 is 16.0 Å². The van der Waals surface area contributed by atoms with E-state index in [0.29, 0.717) is 22.6 Å². The van der Waals surface area contributed by atoms with E-state index >= 15 is 0 Å². The van der Waals surface area contributed by atoms with Gasteiger partial charge in [-0.05, 0) is 50.6 Å². The average Bonchev–Trinajstić information content (AvgIpc) is 2.87. The normalized spacial score (nSPS) is 20.7. The van der Waals surface area contributed by atoms with E-state index in [0.717, 1.165) is 36.6 Å². The molecule has 0 unspecified atom stereocenters. The van der Waals surface area contributed by atoms with E-state index in [2.05, 4.69) is 35.3 Å². The number of rotatable bonds is 3. The second-order valence-corrected chi connectivity index (χ2v) is 8.66. The van der Waals surface area contributed by atoms with Crippen molar-refractivity contribution in [3.05, 3.63) is 52.5 Å². The molecule has 1 amide bonds. The molecule has 29 heavy (non-hydrogen) atoms. The molecule has 4 rings (SSSR count). The molecule has 2 aliphatic heterocycles. The highest BCUT2D eigenvalue weighted by molar-refractivity contribution is 6.35. The van der Waals surface area contributed by atoms with Gasteiger partial charge >= 0.3 is 0 Å². The monoisotopic (exact) mass is 411 g/mol. The highest BCUT2D eigenvalue weighted by atomic mass is 35.5. The van der Waals surface area contributed by atoms with Gasteiger partial charge in [-0.3, -0.25) is 15.1 Å². The summed E-state index contributed by atoms with van der Waals surface area (Å²) in [5, 5.41) is 12.6. The van der Waals surface area contributed by atoms with Crippen molar-refractivity contribution in [1.82, 2.24) is 5.32 Å². The van der Waals surface area contributed by atoms with Crippen LogP contribution < -0.4 is 20.9 Å². The van der Waals surface area contributed by atoms with Crippen LogP contribution in [0, 0.1) is 5.41 Å². The van der Waals surface area contributed by atoms with Crippen LogP contribution in [0.1, 0.15) is 36.7 Å². The molecule has 1 atom stereocenters. The molecule has 6 nitrogen and oxygen atoms in total. The number of carbonyl (C=O) groups is 1. The molecule has 152 valence electrons. The van der Waals surface area contributed by atoms with E-state index in [1.54, 1.807) is 18.2 Å². The standard InChI is InChI=1S/C22H26ClN5O/c1-13-12-26-9-10-27(13)14-7-8-15-18(11-14)28(21(25)22(15,2)3)17-6-4-5-16(23)19(17)20(24)29/h4-8,11,13,25-26H,9-10,12H2,1-3H3,(H2,24,29)/t13-/m1/s1. The van der Waals surface area contributed by atoms with E-state index in [9.17, 15) is 4.79 Å². The second-order valence-electron chi connectivity index (χ2n) is 8.26. The van der Waals surface area contributed by atoms with Crippen molar-refractivity contribution in [1.29, 1.82) is 5.41 Å². The van der Waals surface area contributed by atoms with Gasteiger partial charge in [-0.15, -0.1) is 0 Å². The zero-order chi connectivity index (χ0) is 20.9. The zero-order valence-corrected chi connectivity index (χ0v) is 17.7. The van der Waals surface area contributed by atoms with E-state index in [4.69, 9.17) is 22.7 Å². The van der Waals surface area contributed by atoms with Gasteiger partial charge in [0, 0.05) is 36.8 Å². The van der Waals surface area contributed by atoms with Crippen LogP contribution in [0.2, 0.25) is 5.02 Å². The lowest BCUT2D eigenvalue weighted by atomic mass is 9.85. The minimum Gasteiger partial charge on any atom is -0.366 e. The highest BCUT2D eigenvalue weighted by Crippen LogP contribution is 2.48. The van der Waals surface area contributed by atoms with E-state index in [1.807, 2.05) is 18.7 Å². The topological polar surface area (TPSA) is 85.5 Å². The van der Waals surface area contributed by atoms with Gasteiger partial charge in [0.2, 0.25) is 0 Å². The minimum absolute atomic E-state index is 0.239. The van der Waals surface area contributed by atoms with Crippen LogP contribution in [-0.2, 0) is 5.41 Å². The first kappa shape index (κ1) is 19.7. The Bertz CT molecular complexity index is 1000. The van der Waals surface area contributed by atoms with E-state index in [-0.39, 0.29) is 5.56 Å². The summed E-state index contributed by atoms with van der Waals surface area (Å²) >= 11 is 6.31. The molecular weight excluding hydrogens is 386 g/mol. The van der Waals surface area contributed by atoms with Gasteiger partial charge in [0.1, 0.15) is 5.84 Å². The molecule has 4 N–H and O–H groups in total. The molecule has 0 bridgehead atoms.